The summed E-state index contributed by atoms with van der Waals surface area (Å²) < 4.78 is 2.11. The number of rotatable bonds is 8. The van der Waals surface area contributed by atoms with Crippen molar-refractivity contribution in [1.82, 2.24) is 20.1 Å². The number of benzene rings is 1. The van der Waals surface area contributed by atoms with Crippen LogP contribution in [0.2, 0.25) is 4.34 Å². The monoisotopic (exact) mass is 479 g/mol. The first-order chi connectivity index (χ1) is 15.9. The van der Waals surface area contributed by atoms with E-state index in [-0.39, 0.29) is 17.8 Å². The lowest BCUT2D eigenvalue weighted by Gasteiger charge is -2.17. The van der Waals surface area contributed by atoms with Crippen molar-refractivity contribution in [2.75, 3.05) is 0 Å². The highest BCUT2D eigenvalue weighted by Gasteiger charge is 2.27. The summed E-state index contributed by atoms with van der Waals surface area (Å²) in [6.07, 6.45) is 3.33. The minimum Gasteiger partial charge on any atom is -0.363 e. The highest BCUT2D eigenvalue weighted by molar-refractivity contribution is 7.19. The molecule has 10 heteroatoms. The zero-order chi connectivity index (χ0) is 23.4. The average Bonchev–Trinajstić information content (AvgIpc) is 3.48. The van der Waals surface area contributed by atoms with Gasteiger partial charge in [0.15, 0.2) is 5.82 Å². The summed E-state index contributed by atoms with van der Waals surface area (Å²) in [6.45, 7) is 0. The van der Waals surface area contributed by atoms with Crippen molar-refractivity contribution >= 4 is 40.5 Å². The number of amides is 2. The number of hydrogen-bond acceptors (Lipinski definition) is 6. The van der Waals surface area contributed by atoms with E-state index in [2.05, 4.69) is 15.4 Å². The van der Waals surface area contributed by atoms with Gasteiger partial charge in [-0.25, -0.2) is 9.67 Å². The molecule has 3 N–H and O–H groups in total. The Morgan fingerprint density at radius 3 is 2.55 bits per heavy atom. The van der Waals surface area contributed by atoms with Gasteiger partial charge in [-0.1, -0.05) is 41.9 Å². The first-order valence-electron chi connectivity index (χ1n) is 9.87. The average molecular weight is 480 g/mol. The van der Waals surface area contributed by atoms with Crippen LogP contribution in [-0.4, -0.2) is 38.4 Å². The lowest BCUT2D eigenvalue weighted by molar-refractivity contribution is -0.137. The zero-order valence-electron chi connectivity index (χ0n) is 17.1. The van der Waals surface area contributed by atoms with Gasteiger partial charge in [-0.15, -0.1) is 11.3 Å². The Bertz CT molecular complexity index is 1320. The molecule has 0 aliphatic rings. The molecule has 0 saturated carbocycles. The molecule has 0 spiro atoms. The van der Waals surface area contributed by atoms with Crippen LogP contribution in [0, 0.1) is 0 Å². The van der Waals surface area contributed by atoms with Gasteiger partial charge in [0.25, 0.3) is 11.8 Å². The highest BCUT2D eigenvalue weighted by atomic mass is 35.5. The molecule has 33 heavy (non-hydrogen) atoms. The maximum Gasteiger partial charge on any atom is 0.287 e. The number of carbonyl (C=O) groups is 3. The number of halogens is 1. The van der Waals surface area contributed by atoms with E-state index in [1.165, 1.54) is 22.2 Å². The highest BCUT2D eigenvalue weighted by Crippen LogP contribution is 2.30. The molecule has 1 atom stereocenters. The fourth-order valence-corrected chi connectivity index (χ4v) is 4.26. The Morgan fingerprint density at radius 2 is 1.85 bits per heavy atom. The summed E-state index contributed by atoms with van der Waals surface area (Å²) in [5, 5.41) is 7.13. The number of aromatic nitrogens is 3. The molecule has 0 aliphatic carbocycles. The van der Waals surface area contributed by atoms with Crippen LogP contribution >= 0.6 is 22.9 Å². The zero-order valence-corrected chi connectivity index (χ0v) is 18.7. The third-order valence-electron chi connectivity index (χ3n) is 4.81. The van der Waals surface area contributed by atoms with E-state index >= 15 is 0 Å². The van der Waals surface area contributed by atoms with Gasteiger partial charge < -0.3 is 11.1 Å². The van der Waals surface area contributed by atoms with Crippen molar-refractivity contribution in [1.29, 1.82) is 0 Å². The van der Waals surface area contributed by atoms with Crippen LogP contribution in [0.15, 0.2) is 73.1 Å². The van der Waals surface area contributed by atoms with Crippen molar-refractivity contribution in [3.8, 4) is 16.4 Å². The van der Waals surface area contributed by atoms with Gasteiger partial charge in [-0.3, -0.25) is 14.4 Å². The van der Waals surface area contributed by atoms with E-state index in [0.717, 1.165) is 10.4 Å². The van der Waals surface area contributed by atoms with E-state index in [1.807, 2.05) is 12.1 Å². The number of pyridine rings is 1. The van der Waals surface area contributed by atoms with Gasteiger partial charge in [0, 0.05) is 18.8 Å². The van der Waals surface area contributed by atoms with Gasteiger partial charge in [0.1, 0.15) is 11.7 Å². The van der Waals surface area contributed by atoms with Crippen molar-refractivity contribution in [2.45, 2.75) is 12.5 Å². The molecular weight excluding hydrogens is 462 g/mol. The van der Waals surface area contributed by atoms with Crippen molar-refractivity contribution in [3.63, 3.8) is 0 Å². The smallest absolute Gasteiger partial charge is 0.287 e. The predicted molar refractivity (Wildman–Crippen MR) is 125 cm³/mol. The lowest BCUT2D eigenvalue weighted by Crippen LogP contribution is -2.47. The first kappa shape index (κ1) is 22.4. The second-order valence-corrected chi connectivity index (χ2v) is 8.78. The number of Topliss-reactive ketones (excluding diaryl/α,β-unsaturated/α-hetero) is 1. The Labute approximate surface area is 198 Å². The van der Waals surface area contributed by atoms with Gasteiger partial charge in [-0.05, 0) is 35.9 Å². The van der Waals surface area contributed by atoms with E-state index < -0.39 is 23.6 Å². The molecule has 166 valence electrons. The molecule has 4 aromatic rings. The fraction of sp³-hybridized carbons (Fsp3) is 0.0870. The van der Waals surface area contributed by atoms with E-state index in [4.69, 9.17) is 17.3 Å². The molecule has 3 heterocycles. The Kier molecular flexibility index (Phi) is 6.62. The van der Waals surface area contributed by atoms with Crippen molar-refractivity contribution < 1.29 is 14.4 Å². The second kappa shape index (κ2) is 9.76. The lowest BCUT2D eigenvalue weighted by atomic mass is 10.0. The molecule has 1 unspecified atom stereocenters. The van der Waals surface area contributed by atoms with Crippen LogP contribution in [0.3, 0.4) is 0 Å². The van der Waals surface area contributed by atoms with Gasteiger partial charge in [-0.2, -0.15) is 5.10 Å². The predicted octanol–water partition coefficient (Wildman–Crippen LogP) is 3.04. The maximum absolute atomic E-state index is 13.1. The summed E-state index contributed by atoms with van der Waals surface area (Å²) in [7, 11) is 0. The molecule has 4 rings (SSSR count). The standard InChI is InChI=1S/C23H18ClN5O3S/c24-19-9-8-18(33-19)16-10-12-29(28-16)22-15(7-4-11-26-22)23(32)27-17(20(30)21(25)31)13-14-5-2-1-3-6-14/h1-12,17H,13H2,(H2,25,31)(H,27,32). The van der Waals surface area contributed by atoms with Crippen LogP contribution in [0.25, 0.3) is 16.4 Å². The van der Waals surface area contributed by atoms with Crippen LogP contribution in [-0.2, 0) is 16.0 Å². The molecule has 0 saturated heterocycles. The summed E-state index contributed by atoms with van der Waals surface area (Å²) in [5.41, 5.74) is 6.85. The van der Waals surface area contributed by atoms with Crippen LogP contribution in [0.1, 0.15) is 15.9 Å². The summed E-state index contributed by atoms with van der Waals surface area (Å²) in [4.78, 5) is 42.3. The fourth-order valence-electron chi connectivity index (χ4n) is 3.25. The Morgan fingerprint density at radius 1 is 1.06 bits per heavy atom. The van der Waals surface area contributed by atoms with Crippen molar-refractivity contribution in [2.24, 2.45) is 5.73 Å². The van der Waals surface area contributed by atoms with Gasteiger partial charge in [0.05, 0.1) is 14.8 Å². The molecule has 2 amide bonds. The Hall–Kier alpha value is -3.82. The number of nitrogens with zero attached hydrogens (tertiary/aromatic N) is 3. The molecule has 0 radical (unpaired) electrons. The molecular formula is C23H18ClN5O3S. The second-order valence-electron chi connectivity index (χ2n) is 7.07. The number of nitrogens with one attached hydrogen (secondary N) is 1. The molecule has 0 bridgehead atoms. The van der Waals surface area contributed by atoms with Crippen LogP contribution in [0.4, 0.5) is 0 Å². The van der Waals surface area contributed by atoms with Crippen LogP contribution < -0.4 is 11.1 Å². The normalized spacial score (nSPS) is 11.7. The molecule has 8 nitrogen and oxygen atoms in total. The first-order valence-corrected chi connectivity index (χ1v) is 11.1. The third-order valence-corrected chi connectivity index (χ3v) is 6.06. The maximum atomic E-state index is 13.1. The van der Waals surface area contributed by atoms with E-state index in [0.29, 0.717) is 10.0 Å². The third kappa shape index (κ3) is 5.16. The molecule has 0 fully saturated rings. The molecule has 3 aromatic heterocycles. The van der Waals surface area contributed by atoms with E-state index in [1.54, 1.807) is 54.7 Å². The topological polar surface area (TPSA) is 120 Å². The van der Waals surface area contributed by atoms with Crippen LogP contribution in [0.5, 0.6) is 0 Å². The number of hydrogen-bond donors (Lipinski definition) is 2. The Balaban J connectivity index is 1.61. The SMILES string of the molecule is NC(=O)C(=O)C(Cc1ccccc1)NC(=O)c1cccnc1-n1ccc(-c2ccc(Cl)s2)n1. The van der Waals surface area contributed by atoms with Gasteiger partial charge in [0.2, 0.25) is 5.78 Å². The van der Waals surface area contributed by atoms with Gasteiger partial charge >= 0.3 is 0 Å². The molecule has 1 aromatic carbocycles. The number of carbonyl (C=O) groups excluding carboxylic acids is 3. The number of nitrogens with two attached hydrogens (primary N) is 1. The number of primary amides is 1. The number of ketones is 1. The molecule has 0 aliphatic heterocycles. The minimum absolute atomic E-state index is 0.120. The summed E-state index contributed by atoms with van der Waals surface area (Å²) in [5.74, 6) is -2.30. The largest absolute Gasteiger partial charge is 0.363 e. The van der Waals surface area contributed by atoms with Crippen molar-refractivity contribution in [3.05, 3.63) is 88.5 Å². The summed E-state index contributed by atoms with van der Waals surface area (Å²) in [6, 6.07) is 16.5. The summed E-state index contributed by atoms with van der Waals surface area (Å²) >= 11 is 7.40. The van der Waals surface area contributed by atoms with E-state index in [9.17, 15) is 14.4 Å². The quantitative estimate of drug-likeness (QED) is 0.376. The number of thiophene rings is 1. The minimum atomic E-state index is -1.12.